The maximum atomic E-state index is 4.94. The van der Waals surface area contributed by atoms with E-state index in [2.05, 4.69) is 241 Å². The molecule has 2 aromatic heterocycles. The summed E-state index contributed by atoms with van der Waals surface area (Å²) < 4.78 is 19.5. The van der Waals surface area contributed by atoms with Crippen molar-refractivity contribution in [1.29, 1.82) is 0 Å². The van der Waals surface area contributed by atoms with Gasteiger partial charge in [0.1, 0.15) is 22.1 Å². The highest BCUT2D eigenvalue weighted by Gasteiger charge is 2.23. The summed E-state index contributed by atoms with van der Waals surface area (Å²) in [6, 6.07) is 78.5. The zero-order valence-electron chi connectivity index (χ0n) is 43.4. The molecule has 79 heavy (non-hydrogen) atoms. The van der Waals surface area contributed by atoms with Crippen LogP contribution in [0.25, 0.3) is 38.8 Å². The van der Waals surface area contributed by atoms with Crippen LogP contribution in [0.1, 0.15) is 45.9 Å². The van der Waals surface area contributed by atoms with Crippen LogP contribution in [0.15, 0.2) is 292 Å². The molecule has 378 valence electrons. The van der Waals surface area contributed by atoms with E-state index in [-0.39, 0.29) is 0 Å². The molecule has 11 rings (SSSR count). The summed E-state index contributed by atoms with van der Waals surface area (Å²) >= 11 is 2.36. The molecule has 8 heteroatoms. The molecular formula is C71H52N6S2. The Morgan fingerprint density at radius 3 is 1.18 bits per heavy atom. The monoisotopic (exact) mass is 1050 g/mol. The van der Waals surface area contributed by atoms with Crippen LogP contribution >= 0.6 is 23.5 Å². The molecule has 0 aliphatic rings. The highest BCUT2D eigenvalue weighted by Crippen LogP contribution is 2.43. The molecule has 0 spiro atoms. The number of hydrogen-bond donors (Lipinski definition) is 0. The maximum Gasteiger partial charge on any atom is 0.130 e. The summed E-state index contributed by atoms with van der Waals surface area (Å²) in [6.07, 6.45) is 15.8. The minimum Gasteiger partial charge on any atom is -0.308 e. The summed E-state index contributed by atoms with van der Waals surface area (Å²) in [4.78, 5) is 4.47. The zero-order valence-corrected chi connectivity index (χ0v) is 45.0. The van der Waals surface area contributed by atoms with Gasteiger partial charge < -0.3 is 9.80 Å². The van der Waals surface area contributed by atoms with Gasteiger partial charge in [-0.1, -0.05) is 225 Å². The van der Waals surface area contributed by atoms with Crippen LogP contribution in [0.5, 0.6) is 0 Å². The first-order chi connectivity index (χ1) is 39.1. The first kappa shape index (κ1) is 51.1. The Labute approximate surface area is 470 Å². The minimum absolute atomic E-state index is 0.727. The zero-order chi connectivity index (χ0) is 53.8. The first-order valence-corrected chi connectivity index (χ1v) is 27.4. The number of anilines is 6. The lowest BCUT2D eigenvalue weighted by Crippen LogP contribution is -2.11. The number of para-hydroxylation sites is 2. The fourth-order valence-corrected chi connectivity index (χ4v) is 11.0. The summed E-state index contributed by atoms with van der Waals surface area (Å²) in [7, 11) is 0. The smallest absolute Gasteiger partial charge is 0.130 e. The van der Waals surface area contributed by atoms with E-state index < -0.39 is 0 Å². The average molecular weight is 1050 g/mol. The third-order valence-corrected chi connectivity index (χ3v) is 14.4. The number of hydrogen-bond acceptors (Lipinski definition) is 8. The van der Waals surface area contributed by atoms with E-state index in [1.54, 1.807) is 6.08 Å². The molecule has 0 N–H and O–H groups in total. The lowest BCUT2D eigenvalue weighted by atomic mass is 9.86. The number of allylic oxidation sites excluding steroid dienone is 10. The number of rotatable bonds is 16. The number of benzene rings is 9. The van der Waals surface area contributed by atoms with Crippen LogP contribution in [-0.2, 0) is 0 Å². The van der Waals surface area contributed by atoms with Gasteiger partial charge in [-0.15, -0.1) is 0 Å². The van der Waals surface area contributed by atoms with Gasteiger partial charge in [0.25, 0.3) is 0 Å². The number of nitrogens with zero attached hydrogens (tertiary/aromatic N) is 6. The predicted molar refractivity (Wildman–Crippen MR) is 335 cm³/mol. The van der Waals surface area contributed by atoms with Gasteiger partial charge in [0, 0.05) is 22.7 Å². The fourth-order valence-electron chi connectivity index (χ4n) is 9.84. The van der Waals surface area contributed by atoms with Crippen molar-refractivity contribution in [3.63, 3.8) is 0 Å². The van der Waals surface area contributed by atoms with E-state index in [4.69, 9.17) is 17.5 Å². The molecule has 0 fully saturated rings. The topological polar surface area (TPSA) is 58.0 Å². The van der Waals surface area contributed by atoms with Gasteiger partial charge in [0.15, 0.2) is 0 Å². The summed E-state index contributed by atoms with van der Waals surface area (Å²) in [6.45, 7) is 9.85. The van der Waals surface area contributed by atoms with Crippen LogP contribution in [-0.4, -0.2) is 17.5 Å². The second-order valence-electron chi connectivity index (χ2n) is 18.3. The Morgan fingerprint density at radius 1 is 0.392 bits per heavy atom. The standard InChI is InChI=1S/C71H52N6S2/c1-4-7-13-36-63(51(24-5-2)25-6-3)52-39-45-61(46-40-52)76(59-32-20-11-21-33-59)64-49-43-57(68-70(64)74-78-72-68)37-38-58-44-50-65(71-69(58)73-79-75-71)77(60-34-22-12-23-35-60)62-47-41-56(42-48-62)67(55-30-18-10-19-31-55)66(53-26-14-8-15-27-53)54-28-16-9-17-29-54/h4-36,39-50H,1-2H2,3H3/b13-7+,25-6-,51-24+,63-36-. The molecule has 11 aromatic rings. The van der Waals surface area contributed by atoms with Gasteiger partial charge in [0.2, 0.25) is 0 Å². The van der Waals surface area contributed by atoms with Gasteiger partial charge in [-0.2, -0.15) is 17.5 Å². The van der Waals surface area contributed by atoms with Gasteiger partial charge in [-0.25, -0.2) is 0 Å². The average Bonchev–Trinajstić information content (AvgIpc) is 4.36. The quantitative estimate of drug-likeness (QED) is 0.0546. The van der Waals surface area contributed by atoms with Crippen molar-refractivity contribution >= 4 is 96.4 Å². The van der Waals surface area contributed by atoms with E-state index in [0.717, 1.165) is 117 Å². The largest absolute Gasteiger partial charge is 0.308 e. The molecular weight excluding hydrogens is 1000 g/mol. The maximum absolute atomic E-state index is 4.94. The SMILES string of the molecule is C=C/C=C/C=C(C(/C=C\C)=C/C=C)\c1ccc(N(c2ccccc2)c2ccc(C#Cc3ccc(N(c4ccccc4)c4ccc(C(=C(c5ccccc5)c5ccccc5)c5ccccc5)cc4)c4nsnc34)c3nsnc23)cc1. The first-order valence-electron chi connectivity index (χ1n) is 25.9. The second kappa shape index (κ2) is 24.3. The molecule has 6 nitrogen and oxygen atoms in total. The van der Waals surface area contributed by atoms with E-state index in [0.29, 0.717) is 0 Å². The molecule has 9 aromatic carbocycles. The van der Waals surface area contributed by atoms with Crippen molar-refractivity contribution in [2.24, 2.45) is 0 Å². The third kappa shape index (κ3) is 11.0. The fraction of sp³-hybridized carbons (Fsp3) is 0.0141. The van der Waals surface area contributed by atoms with Crippen molar-refractivity contribution in [1.82, 2.24) is 17.5 Å². The van der Waals surface area contributed by atoms with Crippen molar-refractivity contribution < 1.29 is 0 Å². The number of aromatic nitrogens is 4. The van der Waals surface area contributed by atoms with Gasteiger partial charge in [-0.3, -0.25) is 0 Å². The Bertz CT molecular complexity index is 4100. The number of fused-ring (bicyclic) bond motifs is 2. The minimum atomic E-state index is 0.727. The Hall–Kier alpha value is -10.0. The van der Waals surface area contributed by atoms with Gasteiger partial charge in [0.05, 0.1) is 46.0 Å². The molecule has 0 aliphatic carbocycles. The van der Waals surface area contributed by atoms with Crippen LogP contribution in [0.4, 0.5) is 34.1 Å². The van der Waals surface area contributed by atoms with Gasteiger partial charge >= 0.3 is 0 Å². The van der Waals surface area contributed by atoms with Gasteiger partial charge in [-0.05, 0) is 130 Å². The normalized spacial score (nSPS) is 11.7. The Balaban J connectivity index is 0.955. The Kier molecular flexibility index (Phi) is 15.7. The summed E-state index contributed by atoms with van der Waals surface area (Å²) in [5.41, 5.74) is 20.2. The highest BCUT2D eigenvalue weighted by molar-refractivity contribution is 7.00. The predicted octanol–water partition coefficient (Wildman–Crippen LogP) is 18.9. The molecule has 0 unspecified atom stereocenters. The second-order valence-corrected chi connectivity index (χ2v) is 19.3. The van der Waals surface area contributed by atoms with Crippen molar-refractivity contribution in [2.45, 2.75) is 6.92 Å². The molecule has 0 bridgehead atoms. The molecule has 0 saturated carbocycles. The third-order valence-electron chi connectivity index (χ3n) is 13.4. The van der Waals surface area contributed by atoms with Crippen LogP contribution in [0.2, 0.25) is 0 Å². The van der Waals surface area contributed by atoms with Crippen molar-refractivity contribution in [3.05, 3.63) is 331 Å². The van der Waals surface area contributed by atoms with Crippen molar-refractivity contribution in [2.75, 3.05) is 9.80 Å². The van der Waals surface area contributed by atoms with E-state index in [1.807, 2.05) is 67.6 Å². The lowest BCUT2D eigenvalue weighted by Gasteiger charge is -2.26. The van der Waals surface area contributed by atoms with E-state index in [1.165, 1.54) is 23.5 Å². The van der Waals surface area contributed by atoms with Crippen LogP contribution in [0, 0.1) is 11.8 Å². The molecule has 0 aliphatic heterocycles. The van der Waals surface area contributed by atoms with Crippen molar-refractivity contribution in [3.8, 4) is 11.8 Å². The molecule has 0 atom stereocenters. The summed E-state index contributed by atoms with van der Waals surface area (Å²) in [5.74, 6) is 6.97. The highest BCUT2D eigenvalue weighted by atomic mass is 32.1. The summed E-state index contributed by atoms with van der Waals surface area (Å²) in [5, 5.41) is 0. The molecule has 0 saturated heterocycles. The lowest BCUT2D eigenvalue weighted by molar-refractivity contribution is 1.29. The van der Waals surface area contributed by atoms with Crippen LogP contribution < -0.4 is 9.80 Å². The van der Waals surface area contributed by atoms with E-state index >= 15 is 0 Å². The Morgan fingerprint density at radius 2 is 0.772 bits per heavy atom. The van der Waals surface area contributed by atoms with E-state index in [9.17, 15) is 0 Å². The van der Waals surface area contributed by atoms with Crippen LogP contribution in [0.3, 0.4) is 0 Å². The molecule has 0 radical (unpaired) electrons. The molecule has 2 heterocycles. The molecule has 0 amide bonds.